The van der Waals surface area contributed by atoms with Crippen LogP contribution in [-0.2, 0) is 21.1 Å². The molecular weight excluding hydrogens is 336 g/mol. The molecule has 1 rings (SSSR count). The Labute approximate surface area is 121 Å². The van der Waals surface area contributed by atoms with Crippen LogP contribution in [0.25, 0.3) is 0 Å². The minimum Gasteiger partial charge on any atom is -0.383 e. The van der Waals surface area contributed by atoms with Gasteiger partial charge >= 0.3 is 0 Å². The molecule has 0 aliphatic heterocycles. The molecule has 0 aliphatic rings. The van der Waals surface area contributed by atoms with E-state index >= 15 is 0 Å². The van der Waals surface area contributed by atoms with Gasteiger partial charge in [-0.15, -0.1) is 0 Å². The molecule has 0 fully saturated rings. The van der Waals surface area contributed by atoms with E-state index in [0.29, 0.717) is 17.6 Å². The lowest BCUT2D eigenvalue weighted by atomic mass is 10.1. The topological polar surface area (TPSA) is 78.3 Å². The molecule has 1 aromatic rings. The van der Waals surface area contributed by atoms with E-state index in [2.05, 4.69) is 21.0 Å². The lowest BCUT2D eigenvalue weighted by Crippen LogP contribution is -2.41. The first kappa shape index (κ1) is 16.3. The highest BCUT2D eigenvalue weighted by atomic mass is 79.9. The molecule has 19 heavy (non-hydrogen) atoms. The third-order valence-electron chi connectivity index (χ3n) is 2.99. The summed E-state index contributed by atoms with van der Waals surface area (Å²) in [6.45, 7) is 3.55. The summed E-state index contributed by atoms with van der Waals surface area (Å²) >= 11 is 3.23. The number of methoxy groups -OCH3 is 1. The van der Waals surface area contributed by atoms with Gasteiger partial charge in [0.25, 0.3) is 0 Å². The Bertz CT molecular complexity index is 578. The molecule has 0 aliphatic carbocycles. The maximum absolute atomic E-state index is 12.5. The molecule has 8 heteroatoms. The number of ketones is 1. The summed E-state index contributed by atoms with van der Waals surface area (Å²) in [6, 6.07) is 0. The molecule has 1 aromatic heterocycles. The first-order valence-corrected chi connectivity index (χ1v) is 8.26. The highest BCUT2D eigenvalue weighted by molar-refractivity contribution is 9.10. The van der Waals surface area contributed by atoms with Crippen molar-refractivity contribution in [2.45, 2.75) is 25.1 Å². The van der Waals surface area contributed by atoms with Crippen LogP contribution in [0.5, 0.6) is 0 Å². The number of carbonyl (C=O) groups is 1. The van der Waals surface area contributed by atoms with Crippen molar-refractivity contribution in [1.82, 2.24) is 9.78 Å². The molecule has 0 saturated heterocycles. The summed E-state index contributed by atoms with van der Waals surface area (Å²) in [5.74, 6) is -0.490. The van der Waals surface area contributed by atoms with Gasteiger partial charge in [-0.3, -0.25) is 9.48 Å². The number of ether oxygens (including phenoxy) is 1. The lowest BCUT2D eigenvalue weighted by Gasteiger charge is -2.21. The summed E-state index contributed by atoms with van der Waals surface area (Å²) in [4.78, 5) is 12.5. The molecule has 0 unspecified atom stereocenters. The Kier molecular flexibility index (Phi) is 4.91. The molecule has 0 spiro atoms. The smallest absolute Gasteiger partial charge is 0.202 e. The third kappa shape index (κ3) is 3.24. The number of rotatable bonds is 6. The van der Waals surface area contributed by atoms with Gasteiger partial charge < -0.3 is 4.74 Å². The van der Waals surface area contributed by atoms with Crippen LogP contribution in [0.3, 0.4) is 0 Å². The second-order valence-electron chi connectivity index (χ2n) is 4.67. The van der Waals surface area contributed by atoms with E-state index in [-0.39, 0.29) is 5.69 Å². The van der Waals surface area contributed by atoms with E-state index < -0.39 is 20.4 Å². The number of nitrogens with zero attached hydrogens (tertiary/aromatic N) is 2. The molecule has 0 saturated carbocycles. The van der Waals surface area contributed by atoms with Crippen molar-refractivity contribution in [2.75, 3.05) is 20.0 Å². The average Bonchev–Trinajstić information content (AvgIpc) is 2.65. The Balaban J connectivity index is 3.23. The van der Waals surface area contributed by atoms with Crippen molar-refractivity contribution in [1.29, 1.82) is 0 Å². The van der Waals surface area contributed by atoms with Gasteiger partial charge in [-0.05, 0) is 29.8 Å². The fraction of sp³-hybridized carbons (Fsp3) is 0.636. The van der Waals surface area contributed by atoms with E-state index in [4.69, 9.17) is 4.74 Å². The van der Waals surface area contributed by atoms with Crippen LogP contribution in [0.1, 0.15) is 24.3 Å². The first-order valence-electron chi connectivity index (χ1n) is 5.57. The van der Waals surface area contributed by atoms with Gasteiger partial charge in [0.05, 0.1) is 23.8 Å². The SMILES string of the molecule is COCCn1ncc(Br)c1C(=O)C(C)(C)S(C)(=O)=O. The van der Waals surface area contributed by atoms with Crippen LogP contribution in [0.2, 0.25) is 0 Å². The predicted octanol–water partition coefficient (Wildman–Crippen LogP) is 1.30. The number of carbonyl (C=O) groups excluding carboxylic acids is 1. The molecule has 1 heterocycles. The van der Waals surface area contributed by atoms with E-state index in [9.17, 15) is 13.2 Å². The molecule has 0 amide bonds. The molecule has 0 radical (unpaired) electrons. The fourth-order valence-corrected chi connectivity index (χ4v) is 2.30. The van der Waals surface area contributed by atoms with Gasteiger partial charge in [0, 0.05) is 13.4 Å². The van der Waals surface area contributed by atoms with Gasteiger partial charge in [-0.1, -0.05) is 0 Å². The summed E-state index contributed by atoms with van der Waals surface area (Å²) in [5, 5.41) is 4.04. The van der Waals surface area contributed by atoms with Crippen molar-refractivity contribution < 1.29 is 17.9 Å². The molecular formula is C11H17BrN2O4S. The number of halogens is 1. The molecule has 0 bridgehead atoms. The Hall–Kier alpha value is -0.730. The van der Waals surface area contributed by atoms with E-state index in [1.807, 2.05) is 0 Å². The number of Topliss-reactive ketones (excluding diaryl/α,β-unsaturated/α-hetero) is 1. The maximum Gasteiger partial charge on any atom is 0.202 e. The van der Waals surface area contributed by atoms with Crippen LogP contribution in [-0.4, -0.2) is 48.7 Å². The lowest BCUT2D eigenvalue weighted by molar-refractivity contribution is 0.0939. The summed E-state index contributed by atoms with van der Waals surface area (Å²) in [7, 11) is -1.98. The largest absolute Gasteiger partial charge is 0.383 e. The van der Waals surface area contributed by atoms with Gasteiger partial charge in [0.15, 0.2) is 9.84 Å². The summed E-state index contributed by atoms with van der Waals surface area (Å²) in [5.41, 5.74) is 0.243. The minimum atomic E-state index is -3.52. The van der Waals surface area contributed by atoms with Crippen LogP contribution < -0.4 is 0 Å². The highest BCUT2D eigenvalue weighted by Crippen LogP contribution is 2.26. The van der Waals surface area contributed by atoms with Crippen LogP contribution >= 0.6 is 15.9 Å². The maximum atomic E-state index is 12.5. The second kappa shape index (κ2) is 5.72. The van der Waals surface area contributed by atoms with Crippen molar-refractivity contribution in [3.63, 3.8) is 0 Å². The van der Waals surface area contributed by atoms with E-state index in [0.717, 1.165) is 6.26 Å². The van der Waals surface area contributed by atoms with Gasteiger partial charge in [-0.2, -0.15) is 5.10 Å². The summed E-state index contributed by atoms with van der Waals surface area (Å²) < 4.78 is 28.8. The zero-order valence-electron chi connectivity index (χ0n) is 11.3. The number of hydrogen-bond donors (Lipinski definition) is 0. The predicted molar refractivity (Wildman–Crippen MR) is 75.1 cm³/mol. The number of hydrogen-bond acceptors (Lipinski definition) is 5. The Morgan fingerprint density at radius 1 is 1.53 bits per heavy atom. The van der Waals surface area contributed by atoms with Crippen LogP contribution in [0.4, 0.5) is 0 Å². The highest BCUT2D eigenvalue weighted by Gasteiger charge is 2.41. The van der Waals surface area contributed by atoms with Crippen molar-refractivity contribution in [3.8, 4) is 0 Å². The molecule has 6 nitrogen and oxygen atoms in total. The monoisotopic (exact) mass is 352 g/mol. The second-order valence-corrected chi connectivity index (χ2v) is 8.09. The van der Waals surface area contributed by atoms with E-state index in [1.165, 1.54) is 24.7 Å². The first-order chi connectivity index (χ1) is 8.63. The summed E-state index contributed by atoms with van der Waals surface area (Å²) in [6.07, 6.45) is 2.52. The molecule has 0 atom stereocenters. The van der Waals surface area contributed by atoms with E-state index in [1.54, 1.807) is 7.11 Å². The van der Waals surface area contributed by atoms with Gasteiger partial charge in [0.1, 0.15) is 10.4 Å². The third-order valence-corrected chi connectivity index (χ3v) is 5.61. The zero-order chi connectivity index (χ0) is 14.8. The molecule has 0 N–H and O–H groups in total. The van der Waals surface area contributed by atoms with Crippen LogP contribution in [0.15, 0.2) is 10.7 Å². The molecule has 108 valence electrons. The standard InChI is InChI=1S/C11H17BrN2O4S/c1-11(2,19(4,16)17)10(15)9-8(12)7-13-14(9)5-6-18-3/h7H,5-6H2,1-4H3. The zero-order valence-corrected chi connectivity index (χ0v) is 13.7. The Morgan fingerprint density at radius 2 is 2.11 bits per heavy atom. The Morgan fingerprint density at radius 3 is 2.58 bits per heavy atom. The van der Waals surface area contributed by atoms with Gasteiger partial charge in [-0.25, -0.2) is 8.42 Å². The normalized spacial score (nSPS) is 12.7. The fourth-order valence-electron chi connectivity index (χ4n) is 1.39. The van der Waals surface area contributed by atoms with Crippen molar-refractivity contribution >= 4 is 31.6 Å². The van der Waals surface area contributed by atoms with Gasteiger partial charge in [0.2, 0.25) is 5.78 Å². The minimum absolute atomic E-state index is 0.243. The van der Waals surface area contributed by atoms with Crippen molar-refractivity contribution in [2.24, 2.45) is 0 Å². The van der Waals surface area contributed by atoms with Crippen molar-refractivity contribution in [3.05, 3.63) is 16.4 Å². The quantitative estimate of drug-likeness (QED) is 0.721. The number of sulfone groups is 1. The van der Waals surface area contributed by atoms with Crippen LogP contribution in [0, 0.1) is 0 Å². The molecule has 0 aromatic carbocycles. The average molecular weight is 353 g/mol. The number of aromatic nitrogens is 2.